The van der Waals surface area contributed by atoms with Gasteiger partial charge in [0.25, 0.3) is 0 Å². The third kappa shape index (κ3) is 2.05. The van der Waals surface area contributed by atoms with Gasteiger partial charge in [-0.3, -0.25) is 0 Å². The standard InChI is InChI=1S/C31H23NO/c1-31(2)23-14-15-24(31)27-22(23)16-21(29-28(27)20-9-3-5-12-25(20)32-29)19-11-7-10-18-17-8-4-6-13-26(17)33-30(18)19/h3-16,23-24,32H,1-2H3. The summed E-state index contributed by atoms with van der Waals surface area (Å²) >= 11 is 0. The third-order valence-corrected chi connectivity index (χ3v) is 8.30. The van der Waals surface area contributed by atoms with Gasteiger partial charge in [-0.1, -0.05) is 80.6 Å². The van der Waals surface area contributed by atoms with E-state index in [4.69, 9.17) is 4.42 Å². The molecule has 0 fully saturated rings. The van der Waals surface area contributed by atoms with Gasteiger partial charge in [-0.2, -0.15) is 0 Å². The minimum absolute atomic E-state index is 0.206. The van der Waals surface area contributed by atoms with E-state index >= 15 is 0 Å². The van der Waals surface area contributed by atoms with Gasteiger partial charge in [-0.25, -0.2) is 0 Å². The van der Waals surface area contributed by atoms with Crippen LogP contribution in [0.25, 0.3) is 54.9 Å². The molecule has 2 unspecified atom stereocenters. The lowest BCUT2D eigenvalue weighted by Crippen LogP contribution is -2.15. The van der Waals surface area contributed by atoms with E-state index in [1.807, 2.05) is 6.07 Å². The van der Waals surface area contributed by atoms with E-state index in [9.17, 15) is 0 Å². The Bertz CT molecular complexity index is 1810. The largest absolute Gasteiger partial charge is 0.455 e. The summed E-state index contributed by atoms with van der Waals surface area (Å²) in [5.74, 6) is 0.902. The van der Waals surface area contributed by atoms with E-state index in [1.165, 1.54) is 49.3 Å². The number of nitrogens with one attached hydrogen (secondary N) is 1. The average molecular weight is 426 g/mol. The smallest absolute Gasteiger partial charge is 0.143 e. The number of hydrogen-bond donors (Lipinski definition) is 1. The normalized spacial score (nSPS) is 20.5. The molecule has 2 aliphatic rings. The van der Waals surface area contributed by atoms with Gasteiger partial charge in [0.2, 0.25) is 0 Å². The number of aromatic amines is 1. The van der Waals surface area contributed by atoms with Crippen molar-refractivity contribution in [1.29, 1.82) is 0 Å². The number of H-pyrrole nitrogens is 1. The molecule has 2 heterocycles. The molecule has 2 nitrogen and oxygen atoms in total. The monoisotopic (exact) mass is 425 g/mol. The van der Waals surface area contributed by atoms with Crippen LogP contribution in [0.4, 0.5) is 0 Å². The van der Waals surface area contributed by atoms with Crippen molar-refractivity contribution in [3.8, 4) is 11.1 Å². The molecule has 0 amide bonds. The summed E-state index contributed by atoms with van der Waals surface area (Å²) in [6.45, 7) is 4.84. The Morgan fingerprint density at radius 1 is 0.758 bits per heavy atom. The van der Waals surface area contributed by atoms with Crippen molar-refractivity contribution in [3.63, 3.8) is 0 Å². The predicted octanol–water partition coefficient (Wildman–Crippen LogP) is 8.66. The number of para-hydroxylation sites is 3. The van der Waals surface area contributed by atoms with Crippen LogP contribution in [0, 0.1) is 5.41 Å². The quantitative estimate of drug-likeness (QED) is 0.262. The van der Waals surface area contributed by atoms with Crippen LogP contribution in [0.15, 0.2) is 89.4 Å². The first-order valence-corrected chi connectivity index (χ1v) is 11.8. The summed E-state index contributed by atoms with van der Waals surface area (Å²) in [5, 5.41) is 5.05. The number of fused-ring (bicyclic) bond motifs is 12. The van der Waals surface area contributed by atoms with E-state index in [1.54, 1.807) is 0 Å². The molecule has 2 atom stereocenters. The molecule has 6 aromatic rings. The van der Waals surface area contributed by atoms with E-state index in [2.05, 4.69) is 97.7 Å². The Kier molecular flexibility index (Phi) is 3.10. The highest BCUT2D eigenvalue weighted by atomic mass is 16.3. The van der Waals surface area contributed by atoms with Crippen LogP contribution in [0.2, 0.25) is 0 Å². The number of allylic oxidation sites excluding steroid dienone is 2. The van der Waals surface area contributed by atoms with E-state index < -0.39 is 0 Å². The zero-order valence-electron chi connectivity index (χ0n) is 18.6. The first kappa shape index (κ1) is 17.7. The zero-order valence-corrected chi connectivity index (χ0v) is 18.6. The first-order chi connectivity index (χ1) is 16.1. The van der Waals surface area contributed by atoms with Crippen LogP contribution in [-0.2, 0) is 0 Å². The second-order valence-corrected chi connectivity index (χ2v) is 10.3. The molecule has 1 N–H and O–H groups in total. The minimum atomic E-state index is 0.206. The van der Waals surface area contributed by atoms with Crippen LogP contribution in [0.5, 0.6) is 0 Å². The van der Waals surface area contributed by atoms with Crippen molar-refractivity contribution in [3.05, 3.63) is 96.1 Å². The van der Waals surface area contributed by atoms with Crippen molar-refractivity contribution in [2.45, 2.75) is 25.7 Å². The van der Waals surface area contributed by atoms with Gasteiger partial charge in [0.1, 0.15) is 11.2 Å². The topological polar surface area (TPSA) is 28.9 Å². The SMILES string of the molecule is CC1(C)C2C=CC1c1c2cc(-c2cccc3c2oc2ccccc23)c2[nH]c3ccccc3c12. The summed E-state index contributed by atoms with van der Waals surface area (Å²) in [7, 11) is 0. The molecular weight excluding hydrogens is 402 g/mol. The van der Waals surface area contributed by atoms with Crippen molar-refractivity contribution in [2.75, 3.05) is 0 Å². The van der Waals surface area contributed by atoms with Crippen LogP contribution in [-0.4, -0.2) is 4.98 Å². The van der Waals surface area contributed by atoms with E-state index in [-0.39, 0.29) is 5.41 Å². The second kappa shape index (κ2) is 5.77. The maximum atomic E-state index is 6.46. The fourth-order valence-corrected chi connectivity index (χ4v) is 6.72. The molecule has 4 aromatic carbocycles. The number of rotatable bonds is 1. The van der Waals surface area contributed by atoms with Crippen LogP contribution in [0.1, 0.15) is 36.8 Å². The summed E-state index contributed by atoms with van der Waals surface area (Å²) < 4.78 is 6.46. The first-order valence-electron chi connectivity index (χ1n) is 11.8. The maximum Gasteiger partial charge on any atom is 0.143 e. The van der Waals surface area contributed by atoms with Gasteiger partial charge in [0.05, 0.1) is 5.52 Å². The summed E-state index contributed by atoms with van der Waals surface area (Å²) in [4.78, 5) is 3.79. The molecule has 2 aromatic heterocycles. The Hall–Kier alpha value is -3.78. The maximum absolute atomic E-state index is 6.46. The third-order valence-electron chi connectivity index (χ3n) is 8.30. The van der Waals surface area contributed by atoms with Crippen molar-refractivity contribution < 1.29 is 4.42 Å². The van der Waals surface area contributed by atoms with Gasteiger partial charge in [-0.15, -0.1) is 0 Å². The molecule has 0 saturated heterocycles. The molecule has 2 bridgehead atoms. The van der Waals surface area contributed by atoms with E-state index in [0.29, 0.717) is 11.8 Å². The lowest BCUT2D eigenvalue weighted by molar-refractivity contribution is 0.344. The zero-order chi connectivity index (χ0) is 21.9. The summed E-state index contributed by atoms with van der Waals surface area (Å²) in [6.07, 6.45) is 4.87. The van der Waals surface area contributed by atoms with Gasteiger partial charge in [-0.05, 0) is 34.7 Å². The Labute approximate surface area is 191 Å². The average Bonchev–Trinajstić information content (AvgIpc) is 3.54. The van der Waals surface area contributed by atoms with Gasteiger partial charge < -0.3 is 9.40 Å². The highest BCUT2D eigenvalue weighted by molar-refractivity contribution is 6.18. The molecule has 0 radical (unpaired) electrons. The molecule has 33 heavy (non-hydrogen) atoms. The number of benzene rings is 4. The van der Waals surface area contributed by atoms with Gasteiger partial charge in [0, 0.05) is 50.0 Å². The number of furan rings is 1. The van der Waals surface area contributed by atoms with E-state index in [0.717, 1.165) is 16.7 Å². The summed E-state index contributed by atoms with van der Waals surface area (Å²) in [5.41, 5.74) is 9.93. The molecule has 8 rings (SSSR count). The number of hydrogen-bond acceptors (Lipinski definition) is 1. The fourth-order valence-electron chi connectivity index (χ4n) is 6.72. The molecule has 0 saturated carbocycles. The number of aromatic nitrogens is 1. The highest BCUT2D eigenvalue weighted by Crippen LogP contribution is 2.63. The Morgan fingerprint density at radius 3 is 2.42 bits per heavy atom. The molecule has 0 aliphatic heterocycles. The van der Waals surface area contributed by atoms with Gasteiger partial charge >= 0.3 is 0 Å². The predicted molar refractivity (Wildman–Crippen MR) is 137 cm³/mol. The highest BCUT2D eigenvalue weighted by Gasteiger charge is 2.49. The molecular formula is C31H23NO. The molecule has 0 spiro atoms. The minimum Gasteiger partial charge on any atom is -0.455 e. The van der Waals surface area contributed by atoms with Crippen LogP contribution < -0.4 is 0 Å². The van der Waals surface area contributed by atoms with Crippen molar-refractivity contribution in [2.24, 2.45) is 5.41 Å². The van der Waals surface area contributed by atoms with Crippen LogP contribution in [0.3, 0.4) is 0 Å². The second-order valence-electron chi connectivity index (χ2n) is 10.3. The molecule has 158 valence electrons. The van der Waals surface area contributed by atoms with Crippen LogP contribution >= 0.6 is 0 Å². The lowest BCUT2D eigenvalue weighted by atomic mass is 9.79. The van der Waals surface area contributed by atoms with Gasteiger partial charge in [0.15, 0.2) is 0 Å². The Morgan fingerprint density at radius 2 is 1.52 bits per heavy atom. The Balaban J connectivity index is 1.55. The summed E-state index contributed by atoms with van der Waals surface area (Å²) in [6, 6.07) is 26.1. The molecule has 2 heteroatoms. The molecule has 2 aliphatic carbocycles. The fraction of sp³-hybridized carbons (Fsp3) is 0.161. The van der Waals surface area contributed by atoms with Crippen molar-refractivity contribution >= 4 is 43.7 Å². The van der Waals surface area contributed by atoms with Crippen molar-refractivity contribution in [1.82, 2.24) is 4.98 Å². The lowest BCUT2D eigenvalue weighted by Gasteiger charge is -2.24.